The van der Waals surface area contributed by atoms with E-state index in [0.29, 0.717) is 13.1 Å². The van der Waals surface area contributed by atoms with E-state index < -0.39 is 7.05 Å². The summed E-state index contributed by atoms with van der Waals surface area (Å²) in [6.07, 6.45) is 1.93. The standard InChI is InChI=1S/C27H24BrN2P/c28-24-18-16-23(17-19-24)22-29-20-21-30-31(25-10-4-1-5-11-25,26-12-6-2-7-13-26)27-14-8-3-9-15-27/h1-19,22H,20-21H2. The number of benzene rings is 4. The number of hydrogen-bond donors (Lipinski definition) is 0. The fourth-order valence-electron chi connectivity index (χ4n) is 3.59. The Morgan fingerprint density at radius 2 is 1.03 bits per heavy atom. The molecular weight excluding hydrogens is 463 g/mol. The molecule has 154 valence electrons. The van der Waals surface area contributed by atoms with Crippen LogP contribution >= 0.6 is 23.0 Å². The second-order valence-corrected chi connectivity index (χ2v) is 11.1. The van der Waals surface area contributed by atoms with Crippen molar-refractivity contribution >= 4 is 45.1 Å². The molecule has 2 nitrogen and oxygen atoms in total. The molecule has 0 unspecified atom stereocenters. The van der Waals surface area contributed by atoms with Crippen LogP contribution in [0.1, 0.15) is 5.56 Å². The summed E-state index contributed by atoms with van der Waals surface area (Å²) in [6.45, 7) is 1.32. The Hall–Kier alpha value is -2.74. The Balaban J connectivity index is 1.73. The molecule has 4 rings (SSSR count). The molecule has 0 aliphatic heterocycles. The van der Waals surface area contributed by atoms with E-state index in [1.165, 1.54) is 15.9 Å². The number of aliphatic imine (C=N–C) groups is 1. The summed E-state index contributed by atoms with van der Waals surface area (Å²) in [5, 5.41) is 3.80. The van der Waals surface area contributed by atoms with E-state index in [1.807, 2.05) is 18.3 Å². The molecule has 0 bridgehead atoms. The van der Waals surface area contributed by atoms with Gasteiger partial charge in [-0.15, -0.1) is 0 Å². The van der Waals surface area contributed by atoms with E-state index in [4.69, 9.17) is 4.74 Å². The van der Waals surface area contributed by atoms with Gasteiger partial charge in [-0.1, -0.05) is 119 Å². The summed E-state index contributed by atoms with van der Waals surface area (Å²) in [6, 6.07) is 40.3. The summed E-state index contributed by atoms with van der Waals surface area (Å²) in [7, 11) is -2.13. The Morgan fingerprint density at radius 3 is 1.48 bits per heavy atom. The third-order valence-electron chi connectivity index (χ3n) is 5.04. The minimum Gasteiger partial charge on any atom is -0.291 e. The lowest BCUT2D eigenvalue weighted by Gasteiger charge is -2.27. The van der Waals surface area contributed by atoms with Gasteiger partial charge in [0.1, 0.15) is 0 Å². The molecule has 0 spiro atoms. The van der Waals surface area contributed by atoms with Gasteiger partial charge in [-0.2, -0.15) is 0 Å². The van der Waals surface area contributed by atoms with E-state index in [0.717, 1.165) is 10.0 Å². The molecule has 0 radical (unpaired) electrons. The predicted octanol–water partition coefficient (Wildman–Crippen LogP) is 6.05. The minimum absolute atomic E-state index is 0.657. The second kappa shape index (κ2) is 10.5. The van der Waals surface area contributed by atoms with Crippen LogP contribution in [0.4, 0.5) is 0 Å². The summed E-state index contributed by atoms with van der Waals surface area (Å²) in [4.78, 5) is 4.64. The van der Waals surface area contributed by atoms with Gasteiger partial charge in [0, 0.05) is 26.6 Å². The third-order valence-corrected chi connectivity index (χ3v) is 9.33. The molecule has 31 heavy (non-hydrogen) atoms. The molecule has 0 atom stereocenters. The maximum atomic E-state index is 5.40. The Kier molecular flexibility index (Phi) is 7.30. The highest BCUT2D eigenvalue weighted by molar-refractivity contribution is 9.10. The first kappa shape index (κ1) is 21.5. The van der Waals surface area contributed by atoms with Crippen molar-refractivity contribution in [3.8, 4) is 0 Å². The first-order valence-corrected chi connectivity index (χ1v) is 12.8. The maximum absolute atomic E-state index is 5.40. The molecule has 0 fully saturated rings. The van der Waals surface area contributed by atoms with Crippen molar-refractivity contribution in [1.29, 1.82) is 0 Å². The van der Waals surface area contributed by atoms with Crippen LogP contribution in [-0.4, -0.2) is 19.3 Å². The maximum Gasteiger partial charge on any atom is 0.0584 e. The Morgan fingerprint density at radius 1 is 0.581 bits per heavy atom. The van der Waals surface area contributed by atoms with Gasteiger partial charge >= 0.3 is 0 Å². The Bertz CT molecular complexity index is 1070. The van der Waals surface area contributed by atoms with Gasteiger partial charge in [0.15, 0.2) is 0 Å². The average molecular weight is 487 g/mol. The lowest BCUT2D eigenvalue weighted by Crippen LogP contribution is -2.25. The SMILES string of the molecule is Brc1ccc(C=NCCN=P(c2ccccc2)(c2ccccc2)c2ccccc2)cc1. The fraction of sp³-hybridized carbons (Fsp3) is 0.0741. The first-order valence-electron chi connectivity index (χ1n) is 10.3. The van der Waals surface area contributed by atoms with Crippen molar-refractivity contribution in [3.05, 3.63) is 125 Å². The summed E-state index contributed by atoms with van der Waals surface area (Å²) < 4.78 is 6.47. The smallest absolute Gasteiger partial charge is 0.0584 e. The molecule has 0 aliphatic rings. The average Bonchev–Trinajstić information content (AvgIpc) is 2.84. The van der Waals surface area contributed by atoms with Gasteiger partial charge in [0.05, 0.1) is 20.1 Å². The van der Waals surface area contributed by atoms with E-state index >= 15 is 0 Å². The zero-order chi connectivity index (χ0) is 21.4. The van der Waals surface area contributed by atoms with Crippen molar-refractivity contribution in [2.75, 3.05) is 13.1 Å². The Labute approximate surface area is 192 Å². The zero-order valence-corrected chi connectivity index (χ0v) is 19.7. The number of rotatable bonds is 7. The van der Waals surface area contributed by atoms with Gasteiger partial charge in [-0.25, -0.2) is 0 Å². The van der Waals surface area contributed by atoms with E-state index in [-0.39, 0.29) is 0 Å². The molecule has 4 heteroatoms. The van der Waals surface area contributed by atoms with Gasteiger partial charge in [0.25, 0.3) is 0 Å². The molecule has 0 aromatic heterocycles. The van der Waals surface area contributed by atoms with Crippen molar-refractivity contribution in [2.24, 2.45) is 9.74 Å². The predicted molar refractivity (Wildman–Crippen MR) is 139 cm³/mol. The number of nitrogens with zero attached hydrogens (tertiary/aromatic N) is 2. The summed E-state index contributed by atoms with van der Waals surface area (Å²) >= 11 is 3.47. The highest BCUT2D eigenvalue weighted by Crippen LogP contribution is 2.46. The minimum atomic E-state index is -2.13. The molecule has 4 aromatic rings. The van der Waals surface area contributed by atoms with Crippen LogP contribution in [0.15, 0.2) is 129 Å². The topological polar surface area (TPSA) is 24.7 Å². The van der Waals surface area contributed by atoms with Crippen LogP contribution in [0, 0.1) is 0 Å². The van der Waals surface area contributed by atoms with Crippen molar-refractivity contribution in [2.45, 2.75) is 0 Å². The van der Waals surface area contributed by atoms with Gasteiger partial charge in [-0.05, 0) is 17.7 Å². The highest BCUT2D eigenvalue weighted by atomic mass is 79.9. The first-order chi connectivity index (χ1) is 15.3. The van der Waals surface area contributed by atoms with Crippen molar-refractivity contribution in [3.63, 3.8) is 0 Å². The van der Waals surface area contributed by atoms with Crippen LogP contribution in [-0.2, 0) is 0 Å². The molecule has 0 saturated heterocycles. The van der Waals surface area contributed by atoms with Crippen LogP contribution in [0.5, 0.6) is 0 Å². The number of halogens is 1. The lowest BCUT2D eigenvalue weighted by atomic mass is 10.2. The lowest BCUT2D eigenvalue weighted by molar-refractivity contribution is 0.991. The quantitative estimate of drug-likeness (QED) is 0.172. The van der Waals surface area contributed by atoms with Crippen molar-refractivity contribution < 1.29 is 0 Å². The highest BCUT2D eigenvalue weighted by Gasteiger charge is 2.26. The van der Waals surface area contributed by atoms with E-state index in [1.54, 1.807) is 0 Å². The fourth-order valence-corrected chi connectivity index (χ4v) is 7.44. The summed E-state index contributed by atoms with van der Waals surface area (Å²) in [5.74, 6) is 0. The number of hydrogen-bond acceptors (Lipinski definition) is 2. The molecule has 0 aliphatic carbocycles. The molecule has 4 aromatic carbocycles. The molecule has 0 N–H and O–H groups in total. The molecule has 0 heterocycles. The molecule has 0 saturated carbocycles. The van der Waals surface area contributed by atoms with Crippen molar-refractivity contribution in [1.82, 2.24) is 0 Å². The van der Waals surface area contributed by atoms with E-state index in [9.17, 15) is 0 Å². The molecular formula is C27H24BrN2P. The normalized spacial score (nSPS) is 11.5. The largest absolute Gasteiger partial charge is 0.291 e. The van der Waals surface area contributed by atoms with Crippen LogP contribution in [0.2, 0.25) is 0 Å². The van der Waals surface area contributed by atoms with E-state index in [2.05, 4.69) is 124 Å². The zero-order valence-electron chi connectivity index (χ0n) is 17.2. The molecule has 0 amide bonds. The third kappa shape index (κ3) is 5.12. The van der Waals surface area contributed by atoms with Gasteiger partial charge in [0.2, 0.25) is 0 Å². The van der Waals surface area contributed by atoms with Gasteiger partial charge in [-0.3, -0.25) is 9.74 Å². The summed E-state index contributed by atoms with van der Waals surface area (Å²) in [5.41, 5.74) is 1.10. The monoisotopic (exact) mass is 486 g/mol. The van der Waals surface area contributed by atoms with Crippen LogP contribution in [0.3, 0.4) is 0 Å². The second-order valence-electron chi connectivity index (χ2n) is 7.09. The van der Waals surface area contributed by atoms with Crippen LogP contribution < -0.4 is 15.9 Å². The van der Waals surface area contributed by atoms with Crippen LogP contribution in [0.25, 0.3) is 0 Å². The van der Waals surface area contributed by atoms with Gasteiger partial charge < -0.3 is 0 Å².